The number of benzene rings is 2. The van der Waals surface area contributed by atoms with E-state index in [1.54, 1.807) is 36.4 Å². The van der Waals surface area contributed by atoms with Gasteiger partial charge in [-0.1, -0.05) is 40.8 Å². The molecule has 7 nitrogen and oxygen atoms in total. The Morgan fingerprint density at radius 1 is 0.931 bits per heavy atom. The van der Waals surface area contributed by atoms with E-state index in [1.807, 2.05) is 19.1 Å². The first kappa shape index (κ1) is 20.7. The lowest BCUT2D eigenvalue weighted by atomic mass is 10.1. The van der Waals surface area contributed by atoms with Crippen LogP contribution < -0.4 is 10.6 Å². The lowest BCUT2D eigenvalue weighted by Gasteiger charge is -2.04. The number of nitrogens with zero attached hydrogens (tertiary/aromatic N) is 2. The van der Waals surface area contributed by atoms with Crippen LogP contribution >= 0.6 is 23.1 Å². The second-order valence-corrected chi connectivity index (χ2v) is 8.36. The molecule has 0 fully saturated rings. The largest absolute Gasteiger partial charge is 0.325 e. The van der Waals surface area contributed by atoms with Gasteiger partial charge in [-0.15, -0.1) is 10.2 Å². The molecular formula is C20H18N4O3S2. The number of thioether (sulfide) groups is 1. The molecule has 2 aromatic carbocycles. The van der Waals surface area contributed by atoms with Crippen molar-refractivity contribution < 1.29 is 14.4 Å². The van der Waals surface area contributed by atoms with E-state index in [9.17, 15) is 14.4 Å². The van der Waals surface area contributed by atoms with Crippen molar-refractivity contribution in [2.24, 2.45) is 0 Å². The van der Waals surface area contributed by atoms with Crippen molar-refractivity contribution in [1.82, 2.24) is 10.2 Å². The highest BCUT2D eigenvalue weighted by atomic mass is 32.2. The van der Waals surface area contributed by atoms with Crippen LogP contribution in [0.15, 0.2) is 52.9 Å². The molecule has 0 saturated carbocycles. The minimum atomic E-state index is -0.260. The Balaban J connectivity index is 1.49. The zero-order valence-corrected chi connectivity index (χ0v) is 17.4. The van der Waals surface area contributed by atoms with Gasteiger partial charge < -0.3 is 5.32 Å². The van der Waals surface area contributed by atoms with Crippen molar-refractivity contribution in [1.29, 1.82) is 0 Å². The number of hydrogen-bond acceptors (Lipinski definition) is 7. The third-order valence-corrected chi connectivity index (χ3v) is 5.81. The maximum absolute atomic E-state index is 12.2. The number of aryl methyl sites for hydroxylation is 1. The summed E-state index contributed by atoms with van der Waals surface area (Å²) in [6.45, 7) is 3.44. The van der Waals surface area contributed by atoms with Crippen LogP contribution in [0.2, 0.25) is 0 Å². The SMILES string of the molecule is CC(=O)c1ccc(NC(=O)CSc2nnc(NC(=O)c3ccc(C)cc3)s2)cc1. The van der Waals surface area contributed by atoms with Crippen LogP contribution in [-0.2, 0) is 4.79 Å². The molecule has 0 atom stereocenters. The normalized spacial score (nSPS) is 10.4. The molecule has 2 amide bonds. The van der Waals surface area contributed by atoms with Gasteiger partial charge in [0.15, 0.2) is 10.1 Å². The molecule has 3 aromatic rings. The molecule has 0 spiro atoms. The van der Waals surface area contributed by atoms with Crippen LogP contribution in [0.25, 0.3) is 0 Å². The third kappa shape index (κ3) is 5.97. The van der Waals surface area contributed by atoms with Gasteiger partial charge >= 0.3 is 0 Å². The molecule has 1 aromatic heterocycles. The summed E-state index contributed by atoms with van der Waals surface area (Å²) in [7, 11) is 0. The van der Waals surface area contributed by atoms with E-state index < -0.39 is 0 Å². The molecule has 0 aliphatic heterocycles. The maximum Gasteiger partial charge on any atom is 0.257 e. The van der Waals surface area contributed by atoms with Crippen molar-refractivity contribution in [3.63, 3.8) is 0 Å². The van der Waals surface area contributed by atoms with Gasteiger partial charge in [0.1, 0.15) is 0 Å². The van der Waals surface area contributed by atoms with E-state index in [4.69, 9.17) is 0 Å². The van der Waals surface area contributed by atoms with E-state index in [0.29, 0.717) is 26.3 Å². The van der Waals surface area contributed by atoms with Crippen molar-refractivity contribution >= 4 is 51.5 Å². The number of carbonyl (C=O) groups excluding carboxylic acids is 3. The number of nitrogens with one attached hydrogen (secondary N) is 2. The minimum Gasteiger partial charge on any atom is -0.325 e. The number of amides is 2. The Morgan fingerprint density at radius 3 is 2.24 bits per heavy atom. The summed E-state index contributed by atoms with van der Waals surface area (Å²) in [6.07, 6.45) is 0. The molecule has 9 heteroatoms. The summed E-state index contributed by atoms with van der Waals surface area (Å²) in [5, 5.41) is 13.8. The lowest BCUT2D eigenvalue weighted by Crippen LogP contribution is -2.14. The van der Waals surface area contributed by atoms with Crippen molar-refractivity contribution in [2.45, 2.75) is 18.2 Å². The smallest absolute Gasteiger partial charge is 0.257 e. The summed E-state index contributed by atoms with van der Waals surface area (Å²) in [6, 6.07) is 13.9. The molecule has 0 aliphatic rings. The van der Waals surface area contributed by atoms with Gasteiger partial charge in [-0.25, -0.2) is 0 Å². The summed E-state index contributed by atoms with van der Waals surface area (Å²) < 4.78 is 0.575. The van der Waals surface area contributed by atoms with Crippen molar-refractivity contribution in [2.75, 3.05) is 16.4 Å². The summed E-state index contributed by atoms with van der Waals surface area (Å²) in [5.74, 6) is -0.343. The van der Waals surface area contributed by atoms with E-state index in [0.717, 1.165) is 5.56 Å². The van der Waals surface area contributed by atoms with Crippen LogP contribution in [0, 0.1) is 6.92 Å². The fraction of sp³-hybridized carbons (Fsp3) is 0.150. The Hall–Kier alpha value is -3.04. The minimum absolute atomic E-state index is 0.0278. The average Bonchev–Trinajstić information content (AvgIpc) is 3.14. The molecule has 3 rings (SSSR count). The molecule has 0 aliphatic carbocycles. The Kier molecular flexibility index (Phi) is 6.73. The first-order chi connectivity index (χ1) is 13.9. The van der Waals surface area contributed by atoms with E-state index >= 15 is 0 Å². The number of Topliss-reactive ketones (excluding diaryl/α,β-unsaturated/α-hetero) is 1. The van der Waals surface area contributed by atoms with Crippen LogP contribution in [0.1, 0.15) is 33.2 Å². The molecule has 29 heavy (non-hydrogen) atoms. The van der Waals surface area contributed by atoms with Gasteiger partial charge in [0.25, 0.3) is 5.91 Å². The third-order valence-electron chi connectivity index (χ3n) is 3.84. The highest BCUT2D eigenvalue weighted by Gasteiger charge is 2.12. The Morgan fingerprint density at radius 2 is 1.59 bits per heavy atom. The standard InChI is InChI=1S/C20H18N4O3S2/c1-12-3-5-15(6-4-12)18(27)22-19-23-24-20(29-19)28-11-17(26)21-16-9-7-14(8-10-16)13(2)25/h3-10H,11H2,1-2H3,(H,21,26)(H,22,23,27). The summed E-state index contributed by atoms with van der Waals surface area (Å²) >= 11 is 2.43. The monoisotopic (exact) mass is 426 g/mol. The van der Waals surface area contributed by atoms with Crippen LogP contribution in [-0.4, -0.2) is 33.5 Å². The Bertz CT molecular complexity index is 1030. The molecule has 0 bridgehead atoms. The topological polar surface area (TPSA) is 101 Å². The number of ketones is 1. The molecule has 148 valence electrons. The molecule has 0 saturated heterocycles. The lowest BCUT2D eigenvalue weighted by molar-refractivity contribution is -0.113. The van der Waals surface area contributed by atoms with Gasteiger partial charge in [-0.05, 0) is 50.2 Å². The predicted octanol–water partition coefficient (Wildman–Crippen LogP) is 4.03. The fourth-order valence-electron chi connectivity index (χ4n) is 2.31. The maximum atomic E-state index is 12.2. The molecule has 0 radical (unpaired) electrons. The average molecular weight is 427 g/mol. The number of anilines is 2. The van der Waals surface area contributed by atoms with Gasteiger partial charge in [-0.2, -0.15) is 0 Å². The van der Waals surface area contributed by atoms with Crippen LogP contribution in [0.5, 0.6) is 0 Å². The van der Waals surface area contributed by atoms with Crippen LogP contribution in [0.4, 0.5) is 10.8 Å². The second-order valence-electron chi connectivity index (χ2n) is 6.16. The highest BCUT2D eigenvalue weighted by Crippen LogP contribution is 2.26. The molecular weight excluding hydrogens is 408 g/mol. The van der Waals surface area contributed by atoms with E-state index in [2.05, 4.69) is 20.8 Å². The zero-order chi connectivity index (χ0) is 20.8. The second kappa shape index (κ2) is 9.44. The number of hydrogen-bond donors (Lipinski definition) is 2. The van der Waals surface area contributed by atoms with Gasteiger partial charge in [0.2, 0.25) is 11.0 Å². The van der Waals surface area contributed by atoms with Gasteiger partial charge in [0, 0.05) is 16.8 Å². The summed E-state index contributed by atoms with van der Waals surface area (Å²) in [5.41, 5.74) is 2.81. The van der Waals surface area contributed by atoms with Gasteiger partial charge in [-0.3, -0.25) is 19.7 Å². The van der Waals surface area contributed by atoms with E-state index in [1.165, 1.54) is 30.0 Å². The quantitative estimate of drug-likeness (QED) is 0.336. The summed E-state index contributed by atoms with van der Waals surface area (Å²) in [4.78, 5) is 35.6. The fourth-order valence-corrected chi connectivity index (χ4v) is 3.85. The molecule has 2 N–H and O–H groups in total. The van der Waals surface area contributed by atoms with E-state index in [-0.39, 0.29) is 23.4 Å². The molecule has 1 heterocycles. The van der Waals surface area contributed by atoms with Crippen molar-refractivity contribution in [3.05, 3.63) is 65.2 Å². The van der Waals surface area contributed by atoms with Crippen LogP contribution in [0.3, 0.4) is 0 Å². The first-order valence-corrected chi connectivity index (χ1v) is 10.5. The number of carbonyl (C=O) groups is 3. The molecule has 0 unspecified atom stereocenters. The van der Waals surface area contributed by atoms with Crippen molar-refractivity contribution in [3.8, 4) is 0 Å². The Labute approximate surface area is 175 Å². The predicted molar refractivity (Wildman–Crippen MR) is 115 cm³/mol. The highest BCUT2D eigenvalue weighted by molar-refractivity contribution is 8.01. The number of rotatable bonds is 7. The first-order valence-electron chi connectivity index (χ1n) is 8.66. The number of aromatic nitrogens is 2. The zero-order valence-electron chi connectivity index (χ0n) is 15.8. The van der Waals surface area contributed by atoms with Gasteiger partial charge in [0.05, 0.1) is 5.75 Å².